The van der Waals surface area contributed by atoms with Gasteiger partial charge < -0.3 is 15.2 Å². The van der Waals surface area contributed by atoms with Gasteiger partial charge in [-0.3, -0.25) is 14.8 Å². The van der Waals surface area contributed by atoms with E-state index in [1.165, 1.54) is 24.1 Å². The number of carbonyl (C=O) groups is 2. The lowest BCUT2D eigenvalue weighted by atomic mass is 9.95. The summed E-state index contributed by atoms with van der Waals surface area (Å²) in [4.78, 5) is 32.0. The van der Waals surface area contributed by atoms with E-state index in [-0.39, 0.29) is 18.1 Å². The number of nitrogens with zero attached hydrogens (tertiary/aromatic N) is 2. The lowest BCUT2D eigenvalue weighted by molar-refractivity contribution is -0.139. The van der Waals surface area contributed by atoms with Crippen molar-refractivity contribution in [3.8, 4) is 0 Å². The predicted octanol–water partition coefficient (Wildman–Crippen LogP) is 3.76. The minimum atomic E-state index is -1.23. The number of unbranched alkanes of at least 4 members (excludes halogenated alkanes) is 1. The van der Waals surface area contributed by atoms with Crippen LogP contribution in [0.5, 0.6) is 0 Å². The summed E-state index contributed by atoms with van der Waals surface area (Å²) in [6.07, 6.45) is 9.28. The minimum absolute atomic E-state index is 0.0533. The first-order chi connectivity index (χ1) is 15.5. The van der Waals surface area contributed by atoms with Gasteiger partial charge in [-0.25, -0.2) is 9.18 Å². The summed E-state index contributed by atoms with van der Waals surface area (Å²) in [6.45, 7) is 0.636. The summed E-state index contributed by atoms with van der Waals surface area (Å²) in [5.74, 6) is -3.05. The molecule has 0 radical (unpaired) electrons. The first-order valence-electron chi connectivity index (χ1n) is 10.8. The fourth-order valence-electron chi connectivity index (χ4n) is 3.70. The van der Waals surface area contributed by atoms with Gasteiger partial charge >= 0.3 is 5.97 Å². The van der Waals surface area contributed by atoms with Crippen LogP contribution in [-0.4, -0.2) is 46.2 Å². The van der Waals surface area contributed by atoms with Crippen LogP contribution in [0.3, 0.4) is 0 Å². The van der Waals surface area contributed by atoms with Crippen LogP contribution in [0.2, 0.25) is 5.02 Å². The van der Waals surface area contributed by atoms with Crippen molar-refractivity contribution in [2.45, 2.75) is 57.4 Å². The van der Waals surface area contributed by atoms with E-state index in [2.05, 4.69) is 22.4 Å². The Kier molecular flexibility index (Phi) is 8.93. The molecular weight excluding hydrogens is 437 g/mol. The van der Waals surface area contributed by atoms with Gasteiger partial charge in [0.25, 0.3) is 5.91 Å². The largest absolute Gasteiger partial charge is 0.480 e. The topological polar surface area (TPSA) is 101 Å². The van der Waals surface area contributed by atoms with Crippen LogP contribution in [-0.2, 0) is 28.8 Å². The van der Waals surface area contributed by atoms with Crippen LogP contribution >= 0.6 is 11.6 Å². The molecule has 2 aromatic heterocycles. The van der Waals surface area contributed by atoms with Crippen molar-refractivity contribution in [2.75, 3.05) is 13.2 Å². The Morgan fingerprint density at radius 1 is 1.19 bits per heavy atom. The van der Waals surface area contributed by atoms with Crippen molar-refractivity contribution in [1.82, 2.24) is 15.3 Å². The molecule has 2 heterocycles. The second-order valence-electron chi connectivity index (χ2n) is 7.82. The number of carbonyl (C=O) groups excluding carboxylic acids is 1. The second-order valence-corrected chi connectivity index (χ2v) is 8.22. The summed E-state index contributed by atoms with van der Waals surface area (Å²) in [7, 11) is 0. The average Bonchev–Trinajstić information content (AvgIpc) is 2.77. The van der Waals surface area contributed by atoms with E-state index in [0.717, 1.165) is 50.2 Å². The molecule has 1 aliphatic carbocycles. The number of amides is 1. The van der Waals surface area contributed by atoms with Gasteiger partial charge in [0, 0.05) is 37.2 Å². The third-order valence-corrected chi connectivity index (χ3v) is 5.73. The number of rotatable bonds is 11. The van der Waals surface area contributed by atoms with Crippen LogP contribution in [0.1, 0.15) is 59.4 Å². The van der Waals surface area contributed by atoms with Crippen LogP contribution in [0, 0.1) is 5.82 Å². The van der Waals surface area contributed by atoms with Crippen LogP contribution < -0.4 is 5.32 Å². The molecular formula is C23H27ClFN3O4. The number of pyridine rings is 2. The molecule has 1 amide bonds. The summed E-state index contributed by atoms with van der Waals surface area (Å²) in [6, 6.07) is 3.08. The van der Waals surface area contributed by atoms with Gasteiger partial charge in [-0.15, -0.1) is 0 Å². The van der Waals surface area contributed by atoms with Gasteiger partial charge in [0.05, 0.1) is 16.8 Å². The number of aryl methyl sites for hydroxylation is 3. The number of aliphatic carboxylic acids is 1. The quantitative estimate of drug-likeness (QED) is 0.492. The molecule has 0 saturated carbocycles. The highest BCUT2D eigenvalue weighted by molar-refractivity contribution is 6.33. The first-order valence-corrected chi connectivity index (χ1v) is 11.2. The van der Waals surface area contributed by atoms with Gasteiger partial charge in [0.2, 0.25) is 0 Å². The number of hydrogen-bond acceptors (Lipinski definition) is 5. The highest BCUT2D eigenvalue weighted by Crippen LogP contribution is 2.20. The van der Waals surface area contributed by atoms with E-state index >= 15 is 0 Å². The first kappa shape index (κ1) is 24.1. The normalized spacial score (nSPS) is 13.9. The zero-order chi connectivity index (χ0) is 22.9. The maximum Gasteiger partial charge on any atom is 0.326 e. The Labute approximate surface area is 191 Å². The zero-order valence-corrected chi connectivity index (χ0v) is 18.5. The van der Waals surface area contributed by atoms with Gasteiger partial charge in [-0.1, -0.05) is 17.7 Å². The monoisotopic (exact) mass is 463 g/mol. The molecule has 7 nitrogen and oxygen atoms in total. The standard InChI is InChI=1S/C23H27ClFN3O4/c24-17-13-26-14-18(25)21(17)22(29)28-20(23(30)31)10-12-32-11-4-3-6-16-9-8-15-5-1-2-7-19(15)27-16/h8-9,13-14,20H,1-7,10-12H2,(H,28,29)(H,30,31)/t20-/m0/s1. The summed E-state index contributed by atoms with van der Waals surface area (Å²) < 4.78 is 19.3. The molecule has 0 saturated heterocycles. The highest BCUT2D eigenvalue weighted by atomic mass is 35.5. The molecule has 0 spiro atoms. The zero-order valence-electron chi connectivity index (χ0n) is 17.8. The summed E-state index contributed by atoms with van der Waals surface area (Å²) >= 11 is 5.80. The van der Waals surface area contributed by atoms with E-state index in [0.29, 0.717) is 6.61 Å². The molecule has 0 fully saturated rings. The van der Waals surface area contributed by atoms with Gasteiger partial charge in [0.15, 0.2) is 5.82 Å². The van der Waals surface area contributed by atoms with Crippen molar-refractivity contribution >= 4 is 23.5 Å². The Morgan fingerprint density at radius 2 is 2.00 bits per heavy atom. The number of ether oxygens (including phenoxy) is 1. The number of fused-ring (bicyclic) bond motifs is 1. The Bertz CT molecular complexity index is 937. The van der Waals surface area contributed by atoms with E-state index in [9.17, 15) is 19.1 Å². The lowest BCUT2D eigenvalue weighted by Crippen LogP contribution is -2.42. The van der Waals surface area contributed by atoms with Gasteiger partial charge in [-0.2, -0.15) is 0 Å². The third-order valence-electron chi connectivity index (χ3n) is 5.44. The van der Waals surface area contributed by atoms with E-state index < -0.39 is 29.3 Å². The van der Waals surface area contributed by atoms with Crippen LogP contribution in [0.15, 0.2) is 24.5 Å². The molecule has 2 aromatic rings. The highest BCUT2D eigenvalue weighted by Gasteiger charge is 2.24. The van der Waals surface area contributed by atoms with Gasteiger partial charge in [0.1, 0.15) is 6.04 Å². The Balaban J connectivity index is 1.36. The van der Waals surface area contributed by atoms with Crippen molar-refractivity contribution in [3.05, 3.63) is 57.9 Å². The summed E-state index contributed by atoms with van der Waals surface area (Å²) in [5.41, 5.74) is 3.28. The number of carboxylic acids is 1. The minimum Gasteiger partial charge on any atom is -0.480 e. The number of halogens is 2. The maximum absolute atomic E-state index is 13.8. The van der Waals surface area contributed by atoms with Crippen LogP contribution in [0.25, 0.3) is 0 Å². The number of hydrogen-bond donors (Lipinski definition) is 2. The molecule has 3 rings (SSSR count). The lowest BCUT2D eigenvalue weighted by Gasteiger charge is -2.16. The number of nitrogens with one attached hydrogen (secondary N) is 1. The smallest absolute Gasteiger partial charge is 0.326 e. The molecule has 172 valence electrons. The average molecular weight is 464 g/mol. The second kappa shape index (κ2) is 11.9. The predicted molar refractivity (Wildman–Crippen MR) is 117 cm³/mol. The number of carboxylic acid groups (broad SMARTS) is 1. The van der Waals surface area contributed by atoms with Crippen molar-refractivity contribution in [1.29, 1.82) is 0 Å². The van der Waals surface area contributed by atoms with Crippen molar-refractivity contribution in [2.24, 2.45) is 0 Å². The molecule has 2 N–H and O–H groups in total. The van der Waals surface area contributed by atoms with E-state index in [1.807, 2.05) is 0 Å². The molecule has 1 atom stereocenters. The molecule has 0 aliphatic heterocycles. The van der Waals surface area contributed by atoms with Crippen molar-refractivity contribution < 1.29 is 23.8 Å². The molecule has 1 aliphatic rings. The fraction of sp³-hybridized carbons (Fsp3) is 0.478. The van der Waals surface area contributed by atoms with Gasteiger partial charge in [-0.05, 0) is 56.6 Å². The maximum atomic E-state index is 13.8. The molecule has 0 bridgehead atoms. The molecule has 9 heteroatoms. The Hall–Kier alpha value is -2.58. The SMILES string of the molecule is O=C(N[C@@H](CCOCCCCc1ccc2c(n1)CCCC2)C(=O)O)c1c(F)cncc1Cl. The van der Waals surface area contributed by atoms with Crippen molar-refractivity contribution in [3.63, 3.8) is 0 Å². The van der Waals surface area contributed by atoms with E-state index in [4.69, 9.17) is 21.3 Å². The molecule has 0 unspecified atom stereocenters. The molecule has 0 aromatic carbocycles. The Morgan fingerprint density at radius 3 is 2.78 bits per heavy atom. The fourth-order valence-corrected chi connectivity index (χ4v) is 3.93. The summed E-state index contributed by atoms with van der Waals surface area (Å²) in [5, 5.41) is 11.4. The van der Waals surface area contributed by atoms with Crippen LogP contribution in [0.4, 0.5) is 4.39 Å². The third kappa shape index (κ3) is 6.71. The molecule has 32 heavy (non-hydrogen) atoms. The number of aromatic nitrogens is 2. The van der Waals surface area contributed by atoms with E-state index in [1.54, 1.807) is 0 Å².